The Balaban J connectivity index is 1.72. The van der Waals surface area contributed by atoms with Gasteiger partial charge in [-0.2, -0.15) is 0 Å². The second kappa shape index (κ2) is 10.6. The van der Waals surface area contributed by atoms with Crippen LogP contribution in [0.5, 0.6) is 5.75 Å². The van der Waals surface area contributed by atoms with E-state index in [0.717, 1.165) is 9.87 Å². The summed E-state index contributed by atoms with van der Waals surface area (Å²) in [4.78, 5) is 22.9. The number of hydrogen-bond donors (Lipinski definition) is 1. The summed E-state index contributed by atoms with van der Waals surface area (Å²) in [6, 6.07) is 20.1. The number of nitrogens with one attached hydrogen (secondary N) is 1. The number of aryl methyl sites for hydroxylation is 1. The first kappa shape index (κ1) is 23.7. The molecule has 3 rings (SSSR count). The van der Waals surface area contributed by atoms with Crippen LogP contribution in [0.3, 0.4) is 0 Å². The van der Waals surface area contributed by atoms with Crippen LogP contribution in [0.15, 0.2) is 83.8 Å². The Morgan fingerprint density at radius 3 is 2.36 bits per heavy atom. The number of nitrogens with zero attached hydrogens (tertiary/aromatic N) is 2. The number of nitro benzene ring substituents is 1. The third-order valence-corrected chi connectivity index (χ3v) is 6.44. The van der Waals surface area contributed by atoms with Gasteiger partial charge in [-0.15, -0.1) is 0 Å². The largest absolute Gasteiger partial charge is 0.492 e. The second-order valence-electron chi connectivity index (χ2n) is 7.11. The molecular formula is C23H23N3O6S. The molecule has 0 spiro atoms. The maximum Gasteiger partial charge on any atom is 0.269 e. The fourth-order valence-electron chi connectivity index (χ4n) is 3.03. The zero-order chi connectivity index (χ0) is 23.8. The van der Waals surface area contributed by atoms with E-state index in [2.05, 4.69) is 5.32 Å². The number of rotatable bonds is 10. The molecule has 1 amide bonds. The van der Waals surface area contributed by atoms with Crippen molar-refractivity contribution < 1.29 is 22.9 Å². The number of anilines is 1. The summed E-state index contributed by atoms with van der Waals surface area (Å²) < 4.78 is 33.0. The van der Waals surface area contributed by atoms with Gasteiger partial charge in [0, 0.05) is 12.1 Å². The Morgan fingerprint density at radius 2 is 1.73 bits per heavy atom. The molecule has 10 heteroatoms. The van der Waals surface area contributed by atoms with E-state index in [0.29, 0.717) is 5.75 Å². The number of amides is 1. The number of carbonyl (C=O) groups excluding carboxylic acids is 1. The lowest BCUT2D eigenvalue weighted by Crippen LogP contribution is -2.41. The first-order valence-corrected chi connectivity index (χ1v) is 11.5. The number of nitro groups is 1. The van der Waals surface area contributed by atoms with Crippen molar-refractivity contribution >= 4 is 27.3 Å². The van der Waals surface area contributed by atoms with Crippen molar-refractivity contribution in [2.24, 2.45) is 0 Å². The van der Waals surface area contributed by atoms with E-state index in [9.17, 15) is 23.3 Å². The van der Waals surface area contributed by atoms with Crippen LogP contribution < -0.4 is 14.4 Å². The molecule has 0 aliphatic rings. The van der Waals surface area contributed by atoms with E-state index < -0.39 is 27.4 Å². The molecule has 0 atom stereocenters. The lowest BCUT2D eigenvalue weighted by Gasteiger charge is -2.24. The predicted molar refractivity (Wildman–Crippen MR) is 124 cm³/mol. The fourth-order valence-corrected chi connectivity index (χ4v) is 4.47. The molecule has 1 N–H and O–H groups in total. The van der Waals surface area contributed by atoms with Crippen molar-refractivity contribution in [2.75, 3.05) is 24.0 Å². The van der Waals surface area contributed by atoms with Crippen LogP contribution in [0.2, 0.25) is 0 Å². The molecule has 0 heterocycles. The summed E-state index contributed by atoms with van der Waals surface area (Å²) in [6.45, 7) is 1.82. The van der Waals surface area contributed by atoms with Gasteiger partial charge in [-0.05, 0) is 48.9 Å². The maximum atomic E-state index is 13.2. The van der Waals surface area contributed by atoms with Crippen LogP contribution in [0.4, 0.5) is 11.4 Å². The number of ether oxygens (including phenoxy) is 1. The molecule has 0 radical (unpaired) electrons. The molecule has 172 valence electrons. The van der Waals surface area contributed by atoms with Crippen LogP contribution in [-0.2, 0) is 14.8 Å². The minimum atomic E-state index is -4.09. The molecule has 0 aliphatic heterocycles. The lowest BCUT2D eigenvalue weighted by atomic mass is 10.2. The van der Waals surface area contributed by atoms with E-state index in [4.69, 9.17) is 4.74 Å². The van der Waals surface area contributed by atoms with Crippen LogP contribution in [0, 0.1) is 17.0 Å². The van der Waals surface area contributed by atoms with Crippen molar-refractivity contribution in [3.05, 3.63) is 94.5 Å². The third kappa shape index (κ3) is 6.30. The van der Waals surface area contributed by atoms with E-state index >= 15 is 0 Å². The predicted octanol–water partition coefficient (Wildman–Crippen LogP) is 3.29. The van der Waals surface area contributed by atoms with Gasteiger partial charge in [0.1, 0.15) is 18.9 Å². The van der Waals surface area contributed by atoms with Crippen molar-refractivity contribution in [1.82, 2.24) is 5.32 Å². The molecule has 0 saturated carbocycles. The summed E-state index contributed by atoms with van der Waals surface area (Å²) in [5.74, 6) is 0.129. The number of benzene rings is 3. The summed E-state index contributed by atoms with van der Waals surface area (Å²) in [6.07, 6.45) is 0. The number of carbonyl (C=O) groups is 1. The summed E-state index contributed by atoms with van der Waals surface area (Å²) in [7, 11) is -4.09. The standard InChI is InChI=1S/C23H23N3O6S/c1-18-6-5-7-21(16-18)32-15-14-24-23(27)17-25(19-10-12-20(13-11-19)26(28)29)33(30,31)22-8-3-2-4-9-22/h2-13,16H,14-15,17H2,1H3,(H,24,27). The first-order valence-electron chi connectivity index (χ1n) is 10.1. The van der Waals surface area contributed by atoms with Crippen molar-refractivity contribution in [2.45, 2.75) is 11.8 Å². The molecule has 0 fully saturated rings. The van der Waals surface area contributed by atoms with Gasteiger partial charge in [0.2, 0.25) is 5.91 Å². The zero-order valence-electron chi connectivity index (χ0n) is 17.9. The SMILES string of the molecule is Cc1cccc(OCCNC(=O)CN(c2ccc([N+](=O)[O-])cc2)S(=O)(=O)c2ccccc2)c1. The van der Waals surface area contributed by atoms with Crippen molar-refractivity contribution in [3.63, 3.8) is 0 Å². The van der Waals surface area contributed by atoms with Gasteiger partial charge in [-0.3, -0.25) is 19.2 Å². The third-order valence-electron chi connectivity index (χ3n) is 4.65. The summed E-state index contributed by atoms with van der Waals surface area (Å²) in [5, 5.41) is 13.6. The zero-order valence-corrected chi connectivity index (χ0v) is 18.7. The smallest absolute Gasteiger partial charge is 0.269 e. The van der Waals surface area contributed by atoms with E-state index in [1.54, 1.807) is 24.3 Å². The topological polar surface area (TPSA) is 119 Å². The highest BCUT2D eigenvalue weighted by atomic mass is 32.2. The van der Waals surface area contributed by atoms with E-state index in [-0.39, 0.29) is 29.4 Å². The number of hydrogen-bond acceptors (Lipinski definition) is 6. The maximum absolute atomic E-state index is 13.2. The molecule has 0 unspecified atom stereocenters. The summed E-state index contributed by atoms with van der Waals surface area (Å²) >= 11 is 0. The van der Waals surface area contributed by atoms with Crippen LogP contribution >= 0.6 is 0 Å². The summed E-state index contributed by atoms with van der Waals surface area (Å²) in [5.41, 5.74) is 0.991. The second-order valence-corrected chi connectivity index (χ2v) is 8.98. The highest BCUT2D eigenvalue weighted by molar-refractivity contribution is 7.92. The quantitative estimate of drug-likeness (QED) is 0.276. The van der Waals surface area contributed by atoms with Gasteiger partial charge in [0.05, 0.1) is 22.1 Å². The van der Waals surface area contributed by atoms with Crippen LogP contribution in [-0.4, -0.2) is 38.9 Å². The van der Waals surface area contributed by atoms with Gasteiger partial charge in [0.25, 0.3) is 15.7 Å². The molecular weight excluding hydrogens is 446 g/mol. The highest BCUT2D eigenvalue weighted by Gasteiger charge is 2.27. The van der Waals surface area contributed by atoms with Gasteiger partial charge in [0.15, 0.2) is 0 Å². The minimum absolute atomic E-state index is 0.000987. The number of non-ortho nitro benzene ring substituents is 1. The molecule has 9 nitrogen and oxygen atoms in total. The number of sulfonamides is 1. The first-order chi connectivity index (χ1) is 15.8. The highest BCUT2D eigenvalue weighted by Crippen LogP contribution is 2.25. The van der Waals surface area contributed by atoms with Crippen molar-refractivity contribution in [3.8, 4) is 5.75 Å². The Morgan fingerprint density at radius 1 is 1.03 bits per heavy atom. The fraction of sp³-hybridized carbons (Fsp3) is 0.174. The molecule has 0 aromatic heterocycles. The molecule has 0 bridgehead atoms. The Hall–Kier alpha value is -3.92. The Labute approximate surface area is 191 Å². The average molecular weight is 470 g/mol. The lowest BCUT2D eigenvalue weighted by molar-refractivity contribution is -0.384. The molecule has 0 aliphatic carbocycles. The van der Waals surface area contributed by atoms with Gasteiger partial charge in [-0.1, -0.05) is 30.3 Å². The monoisotopic (exact) mass is 469 g/mol. The molecule has 3 aromatic carbocycles. The van der Waals surface area contributed by atoms with Crippen LogP contribution in [0.1, 0.15) is 5.56 Å². The molecule has 0 saturated heterocycles. The minimum Gasteiger partial charge on any atom is -0.492 e. The Bertz CT molecular complexity index is 1210. The van der Waals surface area contributed by atoms with E-state index in [1.807, 2.05) is 25.1 Å². The van der Waals surface area contributed by atoms with Gasteiger partial charge >= 0.3 is 0 Å². The van der Waals surface area contributed by atoms with E-state index in [1.165, 1.54) is 36.4 Å². The van der Waals surface area contributed by atoms with Crippen LogP contribution in [0.25, 0.3) is 0 Å². The average Bonchev–Trinajstić information content (AvgIpc) is 2.81. The normalized spacial score (nSPS) is 10.9. The van der Waals surface area contributed by atoms with Gasteiger partial charge < -0.3 is 10.1 Å². The Kier molecular flexibility index (Phi) is 7.62. The van der Waals surface area contributed by atoms with Gasteiger partial charge in [-0.25, -0.2) is 8.42 Å². The van der Waals surface area contributed by atoms with Crippen molar-refractivity contribution in [1.29, 1.82) is 0 Å². The molecule has 33 heavy (non-hydrogen) atoms. The molecule has 3 aromatic rings.